The van der Waals surface area contributed by atoms with Gasteiger partial charge in [0.25, 0.3) is 0 Å². The van der Waals surface area contributed by atoms with Crippen molar-refractivity contribution >= 4 is 26.9 Å². The first-order valence-corrected chi connectivity index (χ1v) is 4.66. The summed E-state index contributed by atoms with van der Waals surface area (Å²) in [6.07, 6.45) is 0. The molecule has 0 aliphatic heterocycles. The van der Waals surface area contributed by atoms with E-state index in [0.717, 1.165) is 9.86 Å². The number of rotatable bonds is 0. The van der Waals surface area contributed by atoms with Crippen LogP contribution in [0.4, 0.5) is 0 Å². The van der Waals surface area contributed by atoms with Crippen LogP contribution in [0.15, 0.2) is 37.9 Å². The predicted molar refractivity (Wildman–Crippen MR) is 54.9 cm³/mol. The highest BCUT2D eigenvalue weighted by Gasteiger charge is 2.00. The molecule has 0 atom stereocenters. The van der Waals surface area contributed by atoms with Crippen molar-refractivity contribution in [1.29, 1.82) is 0 Å². The van der Waals surface area contributed by atoms with E-state index in [1.54, 1.807) is 13.0 Å². The minimum Gasteiger partial charge on any atom is -0.423 e. The van der Waals surface area contributed by atoms with Gasteiger partial charge in [-0.15, -0.1) is 0 Å². The lowest BCUT2D eigenvalue weighted by atomic mass is 10.2. The molecule has 3 heteroatoms. The first kappa shape index (κ1) is 8.51. The van der Waals surface area contributed by atoms with Gasteiger partial charge in [0.2, 0.25) is 0 Å². The summed E-state index contributed by atoms with van der Waals surface area (Å²) in [5.41, 5.74) is 0.985. The summed E-state index contributed by atoms with van der Waals surface area (Å²) in [6.45, 7) is 1.74. The van der Waals surface area contributed by atoms with E-state index < -0.39 is 0 Å². The fourth-order valence-electron chi connectivity index (χ4n) is 1.20. The third-order valence-corrected chi connectivity index (χ3v) is 2.36. The van der Waals surface area contributed by atoms with Crippen LogP contribution >= 0.6 is 15.9 Å². The largest absolute Gasteiger partial charge is 0.423 e. The normalized spacial score (nSPS) is 10.6. The number of benzene rings is 1. The first-order valence-electron chi connectivity index (χ1n) is 3.87. The third kappa shape index (κ3) is 1.52. The van der Waals surface area contributed by atoms with Crippen molar-refractivity contribution in [2.45, 2.75) is 6.92 Å². The van der Waals surface area contributed by atoms with Crippen LogP contribution in [0.2, 0.25) is 0 Å². The molecule has 1 aromatic heterocycles. The van der Waals surface area contributed by atoms with E-state index in [-0.39, 0.29) is 5.63 Å². The van der Waals surface area contributed by atoms with Crippen LogP contribution in [0, 0.1) is 6.92 Å². The number of hydrogen-bond acceptors (Lipinski definition) is 2. The fraction of sp³-hybridized carbons (Fsp3) is 0.100. The van der Waals surface area contributed by atoms with Gasteiger partial charge < -0.3 is 4.42 Å². The average molecular weight is 239 g/mol. The van der Waals surface area contributed by atoms with E-state index >= 15 is 0 Å². The predicted octanol–water partition coefficient (Wildman–Crippen LogP) is 2.86. The second-order valence-electron chi connectivity index (χ2n) is 2.90. The van der Waals surface area contributed by atoms with Gasteiger partial charge in [0.1, 0.15) is 5.58 Å². The summed E-state index contributed by atoms with van der Waals surface area (Å²) in [7, 11) is 0. The SMILES string of the molecule is Cc1cc2cc(Br)ccc2oc1=O. The summed E-state index contributed by atoms with van der Waals surface area (Å²) in [4.78, 5) is 11.1. The molecule has 66 valence electrons. The van der Waals surface area contributed by atoms with Gasteiger partial charge in [-0.3, -0.25) is 0 Å². The summed E-state index contributed by atoms with van der Waals surface area (Å²) in [6, 6.07) is 7.37. The smallest absolute Gasteiger partial charge is 0.339 e. The summed E-state index contributed by atoms with van der Waals surface area (Å²) < 4.78 is 6.05. The van der Waals surface area contributed by atoms with E-state index in [2.05, 4.69) is 15.9 Å². The second kappa shape index (κ2) is 3.00. The highest BCUT2D eigenvalue weighted by atomic mass is 79.9. The van der Waals surface area contributed by atoms with E-state index in [4.69, 9.17) is 4.42 Å². The minimum absolute atomic E-state index is 0.269. The summed E-state index contributed by atoms with van der Waals surface area (Å²) in [5.74, 6) is 0. The van der Waals surface area contributed by atoms with Gasteiger partial charge in [-0.1, -0.05) is 15.9 Å². The van der Waals surface area contributed by atoms with E-state index in [9.17, 15) is 4.79 Å². The maximum Gasteiger partial charge on any atom is 0.339 e. The van der Waals surface area contributed by atoms with Crippen molar-refractivity contribution in [3.8, 4) is 0 Å². The van der Waals surface area contributed by atoms with Crippen molar-refractivity contribution in [2.24, 2.45) is 0 Å². The standard InChI is InChI=1S/C10H7BrO2/c1-6-4-7-5-8(11)2-3-9(7)13-10(6)12/h2-5H,1H3. The Morgan fingerprint density at radius 2 is 2.08 bits per heavy atom. The Bertz CT molecular complexity index is 514. The average Bonchev–Trinajstić information content (AvgIpc) is 2.08. The lowest BCUT2D eigenvalue weighted by Crippen LogP contribution is -2.01. The summed E-state index contributed by atoms with van der Waals surface area (Å²) >= 11 is 3.36. The topological polar surface area (TPSA) is 30.2 Å². The monoisotopic (exact) mass is 238 g/mol. The lowest BCUT2D eigenvalue weighted by Gasteiger charge is -1.97. The van der Waals surface area contributed by atoms with Gasteiger partial charge in [0, 0.05) is 15.4 Å². The third-order valence-electron chi connectivity index (χ3n) is 1.87. The van der Waals surface area contributed by atoms with E-state index in [1.807, 2.05) is 18.2 Å². The molecule has 0 amide bonds. The Kier molecular flexibility index (Phi) is 1.96. The van der Waals surface area contributed by atoms with Gasteiger partial charge in [-0.25, -0.2) is 4.79 Å². The Labute approximate surface area is 83.3 Å². The molecule has 0 N–H and O–H groups in total. The molecule has 0 bridgehead atoms. The number of fused-ring (bicyclic) bond motifs is 1. The van der Waals surface area contributed by atoms with Crippen LogP contribution in [-0.4, -0.2) is 0 Å². The van der Waals surface area contributed by atoms with Crippen molar-refractivity contribution < 1.29 is 4.42 Å². The minimum atomic E-state index is -0.269. The Hall–Kier alpha value is -1.09. The van der Waals surface area contributed by atoms with Gasteiger partial charge in [0.05, 0.1) is 0 Å². The molecule has 0 aliphatic rings. The van der Waals surface area contributed by atoms with Crippen LogP contribution < -0.4 is 5.63 Å². The molecule has 0 unspecified atom stereocenters. The van der Waals surface area contributed by atoms with Crippen molar-refractivity contribution in [2.75, 3.05) is 0 Å². The zero-order valence-electron chi connectivity index (χ0n) is 7.00. The van der Waals surface area contributed by atoms with Crippen LogP contribution in [-0.2, 0) is 0 Å². The summed E-state index contributed by atoms with van der Waals surface area (Å²) in [5, 5.41) is 0.937. The molecule has 0 saturated heterocycles. The highest BCUT2D eigenvalue weighted by Crippen LogP contribution is 2.18. The Morgan fingerprint density at radius 3 is 2.85 bits per heavy atom. The van der Waals surface area contributed by atoms with Crippen molar-refractivity contribution in [1.82, 2.24) is 0 Å². The van der Waals surface area contributed by atoms with Crippen LogP contribution in [0.1, 0.15) is 5.56 Å². The number of halogens is 1. The number of hydrogen-bond donors (Lipinski definition) is 0. The maximum atomic E-state index is 11.1. The second-order valence-corrected chi connectivity index (χ2v) is 3.81. The molecule has 13 heavy (non-hydrogen) atoms. The van der Waals surface area contributed by atoms with E-state index in [0.29, 0.717) is 11.1 Å². The van der Waals surface area contributed by atoms with Crippen LogP contribution in [0.5, 0.6) is 0 Å². The molecule has 0 saturated carbocycles. The zero-order chi connectivity index (χ0) is 9.42. The Morgan fingerprint density at radius 1 is 1.31 bits per heavy atom. The highest BCUT2D eigenvalue weighted by molar-refractivity contribution is 9.10. The molecule has 2 rings (SSSR count). The maximum absolute atomic E-state index is 11.1. The molecule has 2 nitrogen and oxygen atoms in total. The quantitative estimate of drug-likeness (QED) is 0.661. The van der Waals surface area contributed by atoms with Crippen molar-refractivity contribution in [3.05, 3.63) is 44.7 Å². The molecule has 1 heterocycles. The first-order chi connectivity index (χ1) is 6.16. The molecular weight excluding hydrogens is 232 g/mol. The van der Waals surface area contributed by atoms with Crippen molar-refractivity contribution in [3.63, 3.8) is 0 Å². The van der Waals surface area contributed by atoms with E-state index in [1.165, 1.54) is 0 Å². The lowest BCUT2D eigenvalue weighted by molar-refractivity contribution is 0.555. The molecular formula is C10H7BrO2. The molecule has 2 aromatic rings. The fourth-order valence-corrected chi connectivity index (χ4v) is 1.58. The molecule has 1 aromatic carbocycles. The van der Waals surface area contributed by atoms with Gasteiger partial charge in [-0.05, 0) is 31.2 Å². The molecule has 0 aliphatic carbocycles. The van der Waals surface area contributed by atoms with Gasteiger partial charge in [0.15, 0.2) is 0 Å². The zero-order valence-corrected chi connectivity index (χ0v) is 8.59. The van der Waals surface area contributed by atoms with Crippen LogP contribution in [0.3, 0.4) is 0 Å². The van der Waals surface area contributed by atoms with Gasteiger partial charge in [-0.2, -0.15) is 0 Å². The van der Waals surface area contributed by atoms with Crippen LogP contribution in [0.25, 0.3) is 11.0 Å². The Balaban J connectivity index is 2.89. The number of aryl methyl sites for hydroxylation is 1. The van der Waals surface area contributed by atoms with Gasteiger partial charge >= 0.3 is 5.63 Å². The molecule has 0 radical (unpaired) electrons. The molecule has 0 spiro atoms. The molecule has 0 fully saturated rings.